The van der Waals surface area contributed by atoms with Crippen LogP contribution in [0.2, 0.25) is 0 Å². The Morgan fingerprint density at radius 1 is 1.12 bits per heavy atom. The number of primary amides is 1. The third kappa shape index (κ3) is 5.27. The van der Waals surface area contributed by atoms with Crippen LogP contribution >= 0.6 is 0 Å². The van der Waals surface area contributed by atoms with Gasteiger partial charge in [0.2, 0.25) is 5.91 Å². The SMILES string of the molecule is C[C@H](Oc1ccc(F)c(F)c1)C(=O)N(CC(N)=O)Cc1ccccc1. The van der Waals surface area contributed by atoms with Crippen LogP contribution in [0.4, 0.5) is 8.78 Å². The van der Waals surface area contributed by atoms with Crippen molar-refractivity contribution in [2.45, 2.75) is 19.6 Å². The summed E-state index contributed by atoms with van der Waals surface area (Å²) in [6.45, 7) is 1.36. The van der Waals surface area contributed by atoms with Crippen molar-refractivity contribution >= 4 is 11.8 Å². The predicted octanol–water partition coefficient (Wildman–Crippen LogP) is 2.25. The first kappa shape index (κ1) is 18.4. The Kier molecular flexibility index (Phi) is 6.05. The number of rotatable bonds is 7. The van der Waals surface area contributed by atoms with E-state index in [4.69, 9.17) is 10.5 Å². The fraction of sp³-hybridized carbons (Fsp3) is 0.222. The Bertz CT molecular complexity index is 753. The normalized spacial score (nSPS) is 11.6. The summed E-state index contributed by atoms with van der Waals surface area (Å²) in [7, 11) is 0. The van der Waals surface area contributed by atoms with Crippen LogP contribution in [0, 0.1) is 11.6 Å². The van der Waals surface area contributed by atoms with Gasteiger partial charge in [-0.1, -0.05) is 30.3 Å². The molecule has 0 radical (unpaired) electrons. The number of benzene rings is 2. The van der Waals surface area contributed by atoms with Gasteiger partial charge in [0.25, 0.3) is 5.91 Å². The Morgan fingerprint density at radius 2 is 1.80 bits per heavy atom. The average Bonchev–Trinajstić information content (AvgIpc) is 2.57. The molecule has 2 N–H and O–H groups in total. The monoisotopic (exact) mass is 348 g/mol. The molecule has 2 aromatic carbocycles. The molecule has 2 aromatic rings. The summed E-state index contributed by atoms with van der Waals surface area (Å²) in [6.07, 6.45) is -1.01. The van der Waals surface area contributed by atoms with Crippen LogP contribution in [0.25, 0.3) is 0 Å². The highest BCUT2D eigenvalue weighted by Gasteiger charge is 2.24. The van der Waals surface area contributed by atoms with Gasteiger partial charge in [-0.2, -0.15) is 0 Å². The number of hydrogen-bond acceptors (Lipinski definition) is 3. The molecule has 0 saturated carbocycles. The van der Waals surface area contributed by atoms with Crippen molar-refractivity contribution in [3.8, 4) is 5.75 Å². The van der Waals surface area contributed by atoms with Gasteiger partial charge in [0.05, 0.1) is 6.54 Å². The predicted molar refractivity (Wildman–Crippen MR) is 87.5 cm³/mol. The van der Waals surface area contributed by atoms with Crippen LogP contribution in [0.15, 0.2) is 48.5 Å². The van der Waals surface area contributed by atoms with Crippen molar-refractivity contribution in [1.82, 2.24) is 4.90 Å². The van der Waals surface area contributed by atoms with Crippen molar-refractivity contribution in [2.24, 2.45) is 5.73 Å². The van der Waals surface area contributed by atoms with E-state index in [1.165, 1.54) is 17.9 Å². The van der Waals surface area contributed by atoms with Gasteiger partial charge in [0.1, 0.15) is 5.75 Å². The molecule has 2 amide bonds. The molecule has 0 saturated heterocycles. The summed E-state index contributed by atoms with van der Waals surface area (Å²) in [4.78, 5) is 25.1. The highest BCUT2D eigenvalue weighted by molar-refractivity contribution is 5.86. The second-order valence-corrected chi connectivity index (χ2v) is 5.48. The number of amides is 2. The fourth-order valence-electron chi connectivity index (χ4n) is 2.27. The molecule has 2 rings (SSSR count). The van der Waals surface area contributed by atoms with Gasteiger partial charge in [-0.05, 0) is 24.6 Å². The topological polar surface area (TPSA) is 72.6 Å². The van der Waals surface area contributed by atoms with E-state index in [-0.39, 0.29) is 18.8 Å². The second kappa shape index (κ2) is 8.23. The van der Waals surface area contributed by atoms with Crippen molar-refractivity contribution in [1.29, 1.82) is 0 Å². The molecule has 0 aliphatic heterocycles. The van der Waals surface area contributed by atoms with Gasteiger partial charge in [-0.15, -0.1) is 0 Å². The van der Waals surface area contributed by atoms with E-state index in [1.54, 1.807) is 0 Å². The van der Waals surface area contributed by atoms with E-state index < -0.39 is 29.6 Å². The summed E-state index contributed by atoms with van der Waals surface area (Å²) in [5.41, 5.74) is 6.03. The lowest BCUT2D eigenvalue weighted by Crippen LogP contribution is -2.44. The van der Waals surface area contributed by atoms with E-state index in [0.29, 0.717) is 0 Å². The Hall–Kier alpha value is -2.96. The van der Waals surface area contributed by atoms with Crippen LogP contribution in [0.3, 0.4) is 0 Å². The van der Waals surface area contributed by atoms with Gasteiger partial charge < -0.3 is 15.4 Å². The molecule has 0 aliphatic rings. The molecule has 0 fully saturated rings. The van der Waals surface area contributed by atoms with Gasteiger partial charge in [-0.3, -0.25) is 9.59 Å². The fourth-order valence-corrected chi connectivity index (χ4v) is 2.27. The Morgan fingerprint density at radius 3 is 2.40 bits per heavy atom. The maximum Gasteiger partial charge on any atom is 0.264 e. The van der Waals surface area contributed by atoms with Crippen LogP contribution in [0.1, 0.15) is 12.5 Å². The zero-order valence-corrected chi connectivity index (χ0v) is 13.6. The first-order valence-electron chi connectivity index (χ1n) is 7.59. The zero-order valence-electron chi connectivity index (χ0n) is 13.6. The Balaban J connectivity index is 2.11. The summed E-state index contributed by atoms with van der Waals surface area (Å²) in [5.74, 6) is -3.23. The minimum atomic E-state index is -1.07. The Labute approximate surface area is 144 Å². The third-order valence-electron chi connectivity index (χ3n) is 3.43. The lowest BCUT2D eigenvalue weighted by Gasteiger charge is -2.25. The lowest BCUT2D eigenvalue weighted by atomic mass is 10.2. The van der Waals surface area contributed by atoms with E-state index in [2.05, 4.69) is 0 Å². The summed E-state index contributed by atoms with van der Waals surface area (Å²) in [5, 5.41) is 0. The molecule has 0 heterocycles. The summed E-state index contributed by atoms with van der Waals surface area (Å²) in [6, 6.07) is 12.1. The van der Waals surface area contributed by atoms with Gasteiger partial charge >= 0.3 is 0 Å². The van der Waals surface area contributed by atoms with Crippen LogP contribution in [0.5, 0.6) is 5.75 Å². The van der Waals surface area contributed by atoms with E-state index in [1.807, 2.05) is 30.3 Å². The molecule has 0 aromatic heterocycles. The molecule has 132 valence electrons. The van der Waals surface area contributed by atoms with E-state index in [9.17, 15) is 18.4 Å². The van der Waals surface area contributed by atoms with Crippen LogP contribution in [-0.4, -0.2) is 29.4 Å². The maximum atomic E-state index is 13.2. The maximum absolute atomic E-state index is 13.2. The molecule has 1 atom stereocenters. The van der Waals surface area contributed by atoms with Crippen molar-refractivity contribution in [3.05, 3.63) is 65.7 Å². The van der Waals surface area contributed by atoms with Crippen molar-refractivity contribution in [2.75, 3.05) is 6.54 Å². The molecular formula is C18H18F2N2O3. The number of nitrogens with zero attached hydrogens (tertiary/aromatic N) is 1. The third-order valence-corrected chi connectivity index (χ3v) is 3.43. The number of nitrogens with two attached hydrogens (primary N) is 1. The molecule has 25 heavy (non-hydrogen) atoms. The van der Waals surface area contributed by atoms with Gasteiger partial charge in [0.15, 0.2) is 17.7 Å². The highest BCUT2D eigenvalue weighted by Crippen LogP contribution is 2.18. The number of carbonyl (C=O) groups is 2. The average molecular weight is 348 g/mol. The molecule has 0 unspecified atom stereocenters. The quantitative estimate of drug-likeness (QED) is 0.834. The minimum absolute atomic E-state index is 0.0125. The molecule has 0 spiro atoms. The van der Waals surface area contributed by atoms with Crippen LogP contribution < -0.4 is 10.5 Å². The number of carbonyl (C=O) groups excluding carboxylic acids is 2. The number of ether oxygens (including phenoxy) is 1. The molecular weight excluding hydrogens is 330 g/mol. The summed E-state index contributed by atoms with van der Waals surface area (Å²) >= 11 is 0. The second-order valence-electron chi connectivity index (χ2n) is 5.48. The van der Waals surface area contributed by atoms with Crippen molar-refractivity contribution in [3.63, 3.8) is 0 Å². The van der Waals surface area contributed by atoms with E-state index in [0.717, 1.165) is 17.7 Å². The van der Waals surface area contributed by atoms with E-state index >= 15 is 0 Å². The van der Waals surface area contributed by atoms with Crippen LogP contribution in [-0.2, 0) is 16.1 Å². The van der Waals surface area contributed by atoms with Gasteiger partial charge in [0, 0.05) is 12.6 Å². The number of hydrogen-bond donors (Lipinski definition) is 1. The van der Waals surface area contributed by atoms with Crippen molar-refractivity contribution < 1.29 is 23.1 Å². The molecule has 0 bridgehead atoms. The molecule has 7 heteroatoms. The molecule has 0 aliphatic carbocycles. The summed E-state index contributed by atoms with van der Waals surface area (Å²) < 4.78 is 31.6. The first-order valence-corrected chi connectivity index (χ1v) is 7.59. The highest BCUT2D eigenvalue weighted by atomic mass is 19.2. The first-order chi connectivity index (χ1) is 11.9. The minimum Gasteiger partial charge on any atom is -0.481 e. The largest absolute Gasteiger partial charge is 0.481 e. The zero-order chi connectivity index (χ0) is 18.4. The number of halogens is 2. The van der Waals surface area contributed by atoms with Gasteiger partial charge in [-0.25, -0.2) is 8.78 Å². The molecule has 5 nitrogen and oxygen atoms in total. The smallest absolute Gasteiger partial charge is 0.264 e. The standard InChI is InChI=1S/C18H18F2N2O3/c1-12(25-14-7-8-15(19)16(20)9-14)18(24)22(11-17(21)23)10-13-5-3-2-4-6-13/h2-9,12H,10-11H2,1H3,(H2,21,23)/t12-/m0/s1. The lowest BCUT2D eigenvalue weighted by molar-refractivity contribution is -0.141.